The first-order chi connectivity index (χ1) is 9.45. The van der Waals surface area contributed by atoms with Gasteiger partial charge in [-0.1, -0.05) is 6.07 Å². The molecule has 0 saturated carbocycles. The summed E-state index contributed by atoms with van der Waals surface area (Å²) in [6, 6.07) is 1.42. The third kappa shape index (κ3) is 2.34. The second-order valence-corrected chi connectivity index (χ2v) is 4.20. The molecular weight excluding hydrogens is 270 g/mol. The van der Waals surface area contributed by atoms with Gasteiger partial charge in [-0.2, -0.15) is 0 Å². The summed E-state index contributed by atoms with van der Waals surface area (Å²) in [6.07, 6.45) is 0. The number of esters is 1. The number of carbonyl (C=O) groups is 2. The summed E-state index contributed by atoms with van der Waals surface area (Å²) >= 11 is 0. The maximum absolute atomic E-state index is 13.8. The van der Waals surface area contributed by atoms with Gasteiger partial charge in [0.15, 0.2) is 0 Å². The Kier molecular flexibility index (Phi) is 3.69. The van der Waals surface area contributed by atoms with Gasteiger partial charge in [-0.25, -0.2) is 18.4 Å². The number of carbonyl (C=O) groups excluding carboxylic acids is 2. The molecule has 0 bridgehead atoms. The standard InChI is InChI=1S/C13H12F2N2O3/c1-6-9(12(18)20-2)11(17-13(19)16-6)10-7(14)4-3-5-8(10)15/h3-5,11H,1-2H3,(H2,16,17,19)/t11-/m1/s1. The van der Waals surface area contributed by atoms with Crippen LogP contribution in [0.5, 0.6) is 0 Å². The van der Waals surface area contributed by atoms with Crippen LogP contribution in [0, 0.1) is 11.6 Å². The number of ether oxygens (including phenoxy) is 1. The zero-order chi connectivity index (χ0) is 14.9. The summed E-state index contributed by atoms with van der Waals surface area (Å²) in [5.74, 6) is -2.49. The Balaban J connectivity index is 2.60. The lowest BCUT2D eigenvalue weighted by atomic mass is 9.94. The summed E-state index contributed by atoms with van der Waals surface area (Å²) in [6.45, 7) is 1.46. The van der Waals surface area contributed by atoms with E-state index in [0.29, 0.717) is 0 Å². The van der Waals surface area contributed by atoms with Crippen molar-refractivity contribution >= 4 is 12.0 Å². The number of hydrogen-bond donors (Lipinski definition) is 2. The molecule has 20 heavy (non-hydrogen) atoms. The van der Waals surface area contributed by atoms with Crippen molar-refractivity contribution in [3.8, 4) is 0 Å². The summed E-state index contributed by atoms with van der Waals surface area (Å²) in [4.78, 5) is 23.3. The van der Waals surface area contributed by atoms with Crippen molar-refractivity contribution in [1.82, 2.24) is 10.6 Å². The van der Waals surface area contributed by atoms with Gasteiger partial charge in [0.05, 0.1) is 24.3 Å². The molecule has 0 spiro atoms. The average molecular weight is 282 g/mol. The number of nitrogens with one attached hydrogen (secondary N) is 2. The number of benzene rings is 1. The molecule has 1 aromatic carbocycles. The Hall–Kier alpha value is -2.44. The van der Waals surface area contributed by atoms with Crippen LogP contribution in [-0.2, 0) is 9.53 Å². The lowest BCUT2D eigenvalue weighted by molar-refractivity contribution is -0.136. The van der Waals surface area contributed by atoms with E-state index in [4.69, 9.17) is 0 Å². The first-order valence-electron chi connectivity index (χ1n) is 5.76. The Morgan fingerprint density at radius 2 is 1.90 bits per heavy atom. The van der Waals surface area contributed by atoms with E-state index < -0.39 is 35.2 Å². The Labute approximate surface area is 113 Å². The molecule has 1 aromatic rings. The molecule has 106 valence electrons. The van der Waals surface area contributed by atoms with E-state index in [1.165, 1.54) is 13.0 Å². The minimum Gasteiger partial charge on any atom is -0.466 e. The van der Waals surface area contributed by atoms with Crippen LogP contribution >= 0.6 is 0 Å². The third-order valence-electron chi connectivity index (χ3n) is 2.96. The van der Waals surface area contributed by atoms with Gasteiger partial charge >= 0.3 is 12.0 Å². The van der Waals surface area contributed by atoms with Crippen LogP contribution in [0.15, 0.2) is 29.5 Å². The molecule has 2 amide bonds. The fraction of sp³-hybridized carbons (Fsp3) is 0.231. The molecule has 1 atom stereocenters. The van der Waals surface area contributed by atoms with Crippen molar-refractivity contribution in [3.05, 3.63) is 46.7 Å². The smallest absolute Gasteiger partial charge is 0.337 e. The van der Waals surface area contributed by atoms with Gasteiger partial charge in [-0.3, -0.25) is 0 Å². The number of urea groups is 1. The minimum atomic E-state index is -1.24. The molecule has 5 nitrogen and oxygen atoms in total. The van der Waals surface area contributed by atoms with Crippen molar-refractivity contribution in [1.29, 1.82) is 0 Å². The molecule has 0 unspecified atom stereocenters. The van der Waals surface area contributed by atoms with Crippen LogP contribution in [0.1, 0.15) is 18.5 Å². The highest BCUT2D eigenvalue weighted by atomic mass is 19.1. The van der Waals surface area contributed by atoms with Gasteiger partial charge in [0, 0.05) is 5.70 Å². The number of halogens is 2. The minimum absolute atomic E-state index is 0.0453. The van der Waals surface area contributed by atoms with E-state index in [0.717, 1.165) is 19.2 Å². The van der Waals surface area contributed by atoms with Crippen LogP contribution in [0.3, 0.4) is 0 Å². The lowest BCUT2D eigenvalue weighted by Crippen LogP contribution is -2.45. The second kappa shape index (κ2) is 5.28. The fourth-order valence-electron chi connectivity index (χ4n) is 2.08. The molecule has 7 heteroatoms. The first kappa shape index (κ1) is 14.0. The number of amides is 2. The van der Waals surface area contributed by atoms with Gasteiger partial charge in [0.25, 0.3) is 0 Å². The summed E-state index contributed by atoms with van der Waals surface area (Å²) in [5, 5.41) is 4.69. The monoisotopic (exact) mass is 282 g/mol. The quantitative estimate of drug-likeness (QED) is 0.812. The van der Waals surface area contributed by atoms with Crippen molar-refractivity contribution in [3.63, 3.8) is 0 Å². The predicted molar refractivity (Wildman–Crippen MR) is 65.5 cm³/mol. The molecule has 0 radical (unpaired) electrons. The molecule has 2 rings (SSSR count). The maximum atomic E-state index is 13.8. The highest BCUT2D eigenvalue weighted by Gasteiger charge is 2.35. The number of rotatable bonds is 2. The van der Waals surface area contributed by atoms with Gasteiger partial charge in [0.1, 0.15) is 11.6 Å². The number of allylic oxidation sites excluding steroid dienone is 1. The summed E-state index contributed by atoms with van der Waals surface area (Å²) in [5.41, 5.74) is -0.258. The van der Waals surface area contributed by atoms with E-state index in [-0.39, 0.29) is 11.3 Å². The highest BCUT2D eigenvalue weighted by molar-refractivity contribution is 5.94. The fourth-order valence-corrected chi connectivity index (χ4v) is 2.08. The van der Waals surface area contributed by atoms with Crippen LogP contribution in [-0.4, -0.2) is 19.1 Å². The third-order valence-corrected chi connectivity index (χ3v) is 2.96. The molecule has 1 aliphatic rings. The highest BCUT2D eigenvalue weighted by Crippen LogP contribution is 2.30. The molecule has 0 saturated heterocycles. The molecule has 1 heterocycles. The first-order valence-corrected chi connectivity index (χ1v) is 5.76. The summed E-state index contributed by atoms with van der Waals surface area (Å²) in [7, 11) is 1.15. The zero-order valence-electron chi connectivity index (χ0n) is 10.8. The number of hydrogen-bond acceptors (Lipinski definition) is 3. The normalized spacial score (nSPS) is 18.4. The topological polar surface area (TPSA) is 67.4 Å². The van der Waals surface area contributed by atoms with Gasteiger partial charge in [0.2, 0.25) is 0 Å². The van der Waals surface area contributed by atoms with Crippen LogP contribution in [0.2, 0.25) is 0 Å². The predicted octanol–water partition coefficient (Wildman–Crippen LogP) is 1.77. The Morgan fingerprint density at radius 1 is 1.30 bits per heavy atom. The van der Waals surface area contributed by atoms with E-state index >= 15 is 0 Å². The largest absolute Gasteiger partial charge is 0.466 e. The lowest BCUT2D eigenvalue weighted by Gasteiger charge is -2.28. The average Bonchev–Trinajstić information content (AvgIpc) is 2.37. The summed E-state index contributed by atoms with van der Waals surface area (Å²) < 4.78 is 32.3. The van der Waals surface area contributed by atoms with E-state index in [2.05, 4.69) is 15.4 Å². The van der Waals surface area contributed by atoms with Gasteiger partial charge < -0.3 is 15.4 Å². The van der Waals surface area contributed by atoms with E-state index in [9.17, 15) is 18.4 Å². The van der Waals surface area contributed by atoms with Gasteiger partial charge in [-0.15, -0.1) is 0 Å². The van der Waals surface area contributed by atoms with Crippen molar-refractivity contribution in [2.75, 3.05) is 7.11 Å². The molecule has 2 N–H and O–H groups in total. The van der Waals surface area contributed by atoms with Crippen LogP contribution in [0.25, 0.3) is 0 Å². The van der Waals surface area contributed by atoms with Crippen molar-refractivity contribution in [2.24, 2.45) is 0 Å². The molecule has 1 aliphatic heterocycles. The van der Waals surface area contributed by atoms with E-state index in [1.54, 1.807) is 0 Å². The number of methoxy groups -OCH3 is 1. The van der Waals surface area contributed by atoms with Crippen LogP contribution in [0.4, 0.5) is 13.6 Å². The molecule has 0 fully saturated rings. The maximum Gasteiger partial charge on any atom is 0.337 e. The molecule has 0 aromatic heterocycles. The molecular formula is C13H12F2N2O3. The van der Waals surface area contributed by atoms with Crippen LogP contribution < -0.4 is 10.6 Å². The Bertz CT molecular complexity index is 593. The Morgan fingerprint density at radius 3 is 2.45 bits per heavy atom. The zero-order valence-corrected chi connectivity index (χ0v) is 10.8. The molecule has 0 aliphatic carbocycles. The van der Waals surface area contributed by atoms with Crippen molar-refractivity contribution < 1.29 is 23.1 Å². The van der Waals surface area contributed by atoms with Crippen molar-refractivity contribution in [2.45, 2.75) is 13.0 Å². The second-order valence-electron chi connectivity index (χ2n) is 4.20. The van der Waals surface area contributed by atoms with E-state index in [1.807, 2.05) is 0 Å². The van der Waals surface area contributed by atoms with Gasteiger partial charge in [-0.05, 0) is 19.1 Å². The SMILES string of the molecule is COC(=O)C1=C(C)NC(=O)N[C@H]1c1c(F)cccc1F.